The van der Waals surface area contributed by atoms with E-state index < -0.39 is 0 Å². The van der Waals surface area contributed by atoms with Crippen molar-refractivity contribution in [1.82, 2.24) is 5.32 Å². The fourth-order valence-corrected chi connectivity index (χ4v) is 3.21. The third kappa shape index (κ3) is 6.31. The molecular formula is C23H31NO3. The molecule has 1 amide bonds. The van der Waals surface area contributed by atoms with E-state index in [4.69, 9.17) is 9.47 Å². The summed E-state index contributed by atoms with van der Waals surface area (Å²) in [6.45, 7) is 6.36. The minimum absolute atomic E-state index is 0.0148. The number of rotatable bonds is 9. The van der Waals surface area contributed by atoms with Crippen molar-refractivity contribution in [2.24, 2.45) is 5.92 Å². The first-order valence-electron chi connectivity index (χ1n) is 9.49. The van der Waals surface area contributed by atoms with Crippen molar-refractivity contribution >= 4 is 5.91 Å². The van der Waals surface area contributed by atoms with Crippen LogP contribution in [0, 0.1) is 12.8 Å². The topological polar surface area (TPSA) is 47.6 Å². The second kappa shape index (κ2) is 10.0. The normalized spacial score (nSPS) is 11.9. The third-order valence-corrected chi connectivity index (χ3v) is 4.66. The van der Waals surface area contributed by atoms with Gasteiger partial charge in [0.1, 0.15) is 11.5 Å². The number of hydrogen-bond donors (Lipinski definition) is 1. The van der Waals surface area contributed by atoms with Gasteiger partial charge in [0, 0.05) is 6.42 Å². The molecule has 146 valence electrons. The fourth-order valence-electron chi connectivity index (χ4n) is 3.21. The van der Waals surface area contributed by atoms with Gasteiger partial charge in [-0.2, -0.15) is 0 Å². The average Bonchev–Trinajstić information content (AvgIpc) is 2.65. The summed E-state index contributed by atoms with van der Waals surface area (Å²) in [5, 5.41) is 3.21. The van der Waals surface area contributed by atoms with Crippen molar-refractivity contribution in [1.29, 1.82) is 0 Å². The Morgan fingerprint density at radius 2 is 1.74 bits per heavy atom. The molecule has 2 aromatic rings. The van der Waals surface area contributed by atoms with Gasteiger partial charge in [-0.3, -0.25) is 4.79 Å². The number of nitrogens with one attached hydrogen (secondary N) is 1. The molecule has 0 radical (unpaired) electrons. The molecule has 0 aliphatic rings. The number of carbonyl (C=O) groups excluding carboxylic acids is 1. The van der Waals surface area contributed by atoms with Crippen LogP contribution in [0.5, 0.6) is 11.5 Å². The fraction of sp³-hybridized carbons (Fsp3) is 0.435. The lowest BCUT2D eigenvalue weighted by Crippen LogP contribution is -2.29. The van der Waals surface area contributed by atoms with Crippen LogP contribution in [0.1, 0.15) is 49.4 Å². The molecule has 0 aromatic heterocycles. The Bertz CT molecular complexity index is 738. The number of ether oxygens (including phenoxy) is 2. The van der Waals surface area contributed by atoms with Crippen molar-refractivity contribution < 1.29 is 14.3 Å². The van der Waals surface area contributed by atoms with Crippen LogP contribution in [0.2, 0.25) is 0 Å². The average molecular weight is 370 g/mol. The Hall–Kier alpha value is -2.49. The second-order valence-corrected chi connectivity index (χ2v) is 7.33. The summed E-state index contributed by atoms with van der Waals surface area (Å²) in [4.78, 5) is 12.6. The van der Waals surface area contributed by atoms with E-state index in [1.165, 1.54) is 0 Å². The van der Waals surface area contributed by atoms with Crippen molar-refractivity contribution in [2.45, 2.75) is 46.1 Å². The first kappa shape index (κ1) is 20.8. The van der Waals surface area contributed by atoms with E-state index in [0.717, 1.165) is 34.6 Å². The highest BCUT2D eigenvalue weighted by atomic mass is 16.5. The van der Waals surface area contributed by atoms with Crippen LogP contribution in [0.25, 0.3) is 0 Å². The van der Waals surface area contributed by atoms with Gasteiger partial charge in [-0.25, -0.2) is 0 Å². The smallest absolute Gasteiger partial charge is 0.220 e. The van der Waals surface area contributed by atoms with E-state index in [-0.39, 0.29) is 11.9 Å². The Balaban J connectivity index is 1.99. The zero-order valence-electron chi connectivity index (χ0n) is 17.0. The van der Waals surface area contributed by atoms with Gasteiger partial charge in [0.2, 0.25) is 5.91 Å². The molecule has 0 aliphatic heterocycles. The predicted octanol–water partition coefficient (Wildman–Crippen LogP) is 4.85. The van der Waals surface area contributed by atoms with Gasteiger partial charge in [-0.05, 0) is 60.6 Å². The van der Waals surface area contributed by atoms with Gasteiger partial charge < -0.3 is 14.8 Å². The summed E-state index contributed by atoms with van der Waals surface area (Å²) < 4.78 is 10.5. The lowest BCUT2D eigenvalue weighted by molar-refractivity contribution is -0.121. The molecule has 0 fully saturated rings. The number of amides is 1. The molecule has 0 aliphatic carbocycles. The molecule has 0 saturated heterocycles. The highest BCUT2D eigenvalue weighted by Crippen LogP contribution is 2.24. The van der Waals surface area contributed by atoms with Gasteiger partial charge in [0.05, 0.1) is 20.3 Å². The summed E-state index contributed by atoms with van der Waals surface area (Å²) >= 11 is 0. The van der Waals surface area contributed by atoms with Crippen LogP contribution < -0.4 is 14.8 Å². The summed E-state index contributed by atoms with van der Waals surface area (Å²) in [5.74, 6) is 2.26. The van der Waals surface area contributed by atoms with E-state index in [9.17, 15) is 4.79 Å². The molecule has 27 heavy (non-hydrogen) atoms. The molecule has 1 atom stereocenters. The van der Waals surface area contributed by atoms with Gasteiger partial charge >= 0.3 is 0 Å². The maximum absolute atomic E-state index is 12.6. The quantitative estimate of drug-likeness (QED) is 0.687. The molecular weight excluding hydrogens is 338 g/mol. The van der Waals surface area contributed by atoms with Crippen LogP contribution in [0.3, 0.4) is 0 Å². The standard InChI is InChI=1S/C23H31NO3/c1-16(2)14-21(19-8-10-20(26-4)11-9-19)24-23(25)13-7-18-6-12-22(27-5)17(3)15-18/h6,8-12,15-16,21H,7,13-14H2,1-5H3,(H,24,25)/t21-/m0/s1. The summed E-state index contributed by atoms with van der Waals surface area (Å²) in [7, 11) is 3.33. The van der Waals surface area contributed by atoms with Crippen LogP contribution in [-0.2, 0) is 11.2 Å². The summed E-state index contributed by atoms with van der Waals surface area (Å²) in [5.41, 5.74) is 3.35. The molecule has 0 unspecified atom stereocenters. The summed E-state index contributed by atoms with van der Waals surface area (Å²) in [6, 6.07) is 14.0. The monoisotopic (exact) mass is 369 g/mol. The van der Waals surface area contributed by atoms with Crippen molar-refractivity contribution in [2.75, 3.05) is 14.2 Å². The Morgan fingerprint density at radius 1 is 1.04 bits per heavy atom. The van der Waals surface area contributed by atoms with Gasteiger partial charge in [-0.1, -0.05) is 38.1 Å². The Kier molecular flexibility index (Phi) is 7.71. The third-order valence-electron chi connectivity index (χ3n) is 4.66. The number of hydrogen-bond acceptors (Lipinski definition) is 3. The zero-order valence-corrected chi connectivity index (χ0v) is 17.0. The van der Waals surface area contributed by atoms with E-state index in [2.05, 4.69) is 25.2 Å². The molecule has 0 saturated carbocycles. The SMILES string of the molecule is COc1ccc([C@H](CC(C)C)NC(=O)CCc2ccc(OC)c(C)c2)cc1. The van der Waals surface area contributed by atoms with E-state index in [0.29, 0.717) is 18.8 Å². The first-order valence-corrected chi connectivity index (χ1v) is 9.49. The van der Waals surface area contributed by atoms with E-state index in [1.807, 2.05) is 43.3 Å². The number of methoxy groups -OCH3 is 2. The van der Waals surface area contributed by atoms with Crippen LogP contribution in [0.15, 0.2) is 42.5 Å². The van der Waals surface area contributed by atoms with Crippen molar-refractivity contribution in [3.8, 4) is 11.5 Å². The lowest BCUT2D eigenvalue weighted by Gasteiger charge is -2.21. The van der Waals surface area contributed by atoms with Gasteiger partial charge in [0.15, 0.2) is 0 Å². The maximum atomic E-state index is 12.6. The van der Waals surface area contributed by atoms with E-state index >= 15 is 0 Å². The lowest BCUT2D eigenvalue weighted by atomic mass is 9.96. The second-order valence-electron chi connectivity index (χ2n) is 7.33. The minimum Gasteiger partial charge on any atom is -0.497 e. The highest BCUT2D eigenvalue weighted by molar-refractivity contribution is 5.76. The summed E-state index contributed by atoms with van der Waals surface area (Å²) in [6.07, 6.45) is 2.09. The maximum Gasteiger partial charge on any atom is 0.220 e. The van der Waals surface area contributed by atoms with Gasteiger partial charge in [0.25, 0.3) is 0 Å². The molecule has 4 nitrogen and oxygen atoms in total. The molecule has 0 heterocycles. The van der Waals surface area contributed by atoms with Crippen LogP contribution >= 0.6 is 0 Å². The first-order chi connectivity index (χ1) is 12.9. The minimum atomic E-state index is 0.0148. The number of benzene rings is 2. The van der Waals surface area contributed by atoms with Crippen molar-refractivity contribution in [3.63, 3.8) is 0 Å². The molecule has 1 N–H and O–H groups in total. The highest BCUT2D eigenvalue weighted by Gasteiger charge is 2.16. The van der Waals surface area contributed by atoms with Crippen molar-refractivity contribution in [3.05, 3.63) is 59.2 Å². The zero-order chi connectivity index (χ0) is 19.8. The molecule has 4 heteroatoms. The molecule has 0 bridgehead atoms. The van der Waals surface area contributed by atoms with E-state index in [1.54, 1.807) is 14.2 Å². The molecule has 0 spiro atoms. The number of carbonyl (C=O) groups is 1. The molecule has 2 aromatic carbocycles. The van der Waals surface area contributed by atoms with Crippen LogP contribution in [-0.4, -0.2) is 20.1 Å². The largest absolute Gasteiger partial charge is 0.497 e. The Labute approximate surface area is 162 Å². The molecule has 2 rings (SSSR count). The van der Waals surface area contributed by atoms with Crippen LogP contribution in [0.4, 0.5) is 0 Å². The Morgan fingerprint density at radius 3 is 2.30 bits per heavy atom. The number of aryl methyl sites for hydroxylation is 2. The predicted molar refractivity (Wildman–Crippen MR) is 109 cm³/mol. The van der Waals surface area contributed by atoms with Gasteiger partial charge in [-0.15, -0.1) is 0 Å².